The molecule has 0 aromatic carbocycles. The lowest BCUT2D eigenvalue weighted by Crippen LogP contribution is -2.29. The standard InChI is InChI=1S/C6H10N4O2S/c11-2-1-7-3-5(12)9-6-10-8-4-13-6/h4,7,11H,1-3H2,(H,9,10,12). The highest BCUT2D eigenvalue weighted by Crippen LogP contribution is 2.06. The number of nitrogens with one attached hydrogen (secondary N) is 2. The van der Waals surface area contributed by atoms with E-state index in [1.807, 2.05) is 0 Å². The Labute approximate surface area is 79.0 Å². The minimum Gasteiger partial charge on any atom is -0.395 e. The molecule has 0 radical (unpaired) electrons. The lowest BCUT2D eigenvalue weighted by molar-refractivity contribution is -0.115. The molecule has 0 bridgehead atoms. The smallest absolute Gasteiger partial charge is 0.240 e. The molecule has 7 heteroatoms. The van der Waals surface area contributed by atoms with Crippen molar-refractivity contribution < 1.29 is 9.90 Å². The van der Waals surface area contributed by atoms with Gasteiger partial charge < -0.3 is 10.4 Å². The van der Waals surface area contributed by atoms with Gasteiger partial charge in [0.2, 0.25) is 11.0 Å². The molecule has 0 aliphatic carbocycles. The fourth-order valence-corrected chi connectivity index (χ4v) is 1.13. The molecule has 0 spiro atoms. The van der Waals surface area contributed by atoms with Crippen molar-refractivity contribution in [3.8, 4) is 0 Å². The average Bonchev–Trinajstić information content (AvgIpc) is 2.57. The quantitative estimate of drug-likeness (QED) is 0.536. The first-order chi connectivity index (χ1) is 6.33. The van der Waals surface area contributed by atoms with Gasteiger partial charge in [-0.15, -0.1) is 10.2 Å². The number of aliphatic hydroxyl groups is 1. The van der Waals surface area contributed by atoms with Gasteiger partial charge in [-0.05, 0) is 0 Å². The van der Waals surface area contributed by atoms with Gasteiger partial charge in [-0.1, -0.05) is 11.3 Å². The number of anilines is 1. The fraction of sp³-hybridized carbons (Fsp3) is 0.500. The average molecular weight is 202 g/mol. The van der Waals surface area contributed by atoms with E-state index in [1.165, 1.54) is 16.8 Å². The third-order valence-electron chi connectivity index (χ3n) is 1.18. The summed E-state index contributed by atoms with van der Waals surface area (Å²) in [5, 5.41) is 21.4. The normalized spacial score (nSPS) is 9.92. The van der Waals surface area contributed by atoms with E-state index >= 15 is 0 Å². The Morgan fingerprint density at radius 1 is 1.69 bits per heavy atom. The maximum absolute atomic E-state index is 11.1. The minimum atomic E-state index is -0.190. The highest BCUT2D eigenvalue weighted by molar-refractivity contribution is 7.13. The van der Waals surface area contributed by atoms with Crippen LogP contribution in [0.2, 0.25) is 0 Å². The van der Waals surface area contributed by atoms with Crippen LogP contribution in [0, 0.1) is 0 Å². The van der Waals surface area contributed by atoms with E-state index in [0.29, 0.717) is 11.7 Å². The molecule has 0 saturated carbocycles. The molecule has 0 unspecified atom stereocenters. The van der Waals surface area contributed by atoms with Crippen LogP contribution >= 0.6 is 11.3 Å². The van der Waals surface area contributed by atoms with Crippen molar-refractivity contribution in [3.63, 3.8) is 0 Å². The SMILES string of the molecule is O=C(CNCCO)Nc1nncs1. The second-order valence-electron chi connectivity index (χ2n) is 2.19. The topological polar surface area (TPSA) is 87.1 Å². The van der Waals surface area contributed by atoms with Gasteiger partial charge in [-0.25, -0.2) is 0 Å². The largest absolute Gasteiger partial charge is 0.395 e. The van der Waals surface area contributed by atoms with Crippen molar-refractivity contribution in [2.45, 2.75) is 0 Å². The van der Waals surface area contributed by atoms with Crippen molar-refractivity contribution >= 4 is 22.4 Å². The third-order valence-corrected chi connectivity index (χ3v) is 1.79. The summed E-state index contributed by atoms with van der Waals surface area (Å²) < 4.78 is 0. The van der Waals surface area contributed by atoms with E-state index < -0.39 is 0 Å². The number of nitrogens with zero attached hydrogens (tertiary/aromatic N) is 2. The molecular formula is C6H10N4O2S. The number of aliphatic hydroxyl groups excluding tert-OH is 1. The second kappa shape index (κ2) is 5.57. The summed E-state index contributed by atoms with van der Waals surface area (Å²) in [7, 11) is 0. The minimum absolute atomic E-state index is 0.0199. The van der Waals surface area contributed by atoms with Crippen LogP contribution in [0.15, 0.2) is 5.51 Å². The van der Waals surface area contributed by atoms with E-state index in [4.69, 9.17) is 5.11 Å². The van der Waals surface area contributed by atoms with Gasteiger partial charge in [0.1, 0.15) is 5.51 Å². The number of amides is 1. The Morgan fingerprint density at radius 2 is 2.54 bits per heavy atom. The molecule has 1 rings (SSSR count). The van der Waals surface area contributed by atoms with Crippen molar-refractivity contribution in [2.75, 3.05) is 25.0 Å². The summed E-state index contributed by atoms with van der Waals surface area (Å²) in [4.78, 5) is 11.1. The zero-order chi connectivity index (χ0) is 9.52. The monoisotopic (exact) mass is 202 g/mol. The molecular weight excluding hydrogens is 192 g/mol. The van der Waals surface area contributed by atoms with Crippen LogP contribution in [0.1, 0.15) is 0 Å². The lowest BCUT2D eigenvalue weighted by atomic mass is 10.5. The van der Waals surface area contributed by atoms with E-state index in [9.17, 15) is 4.79 Å². The number of carbonyl (C=O) groups is 1. The maximum atomic E-state index is 11.1. The molecule has 0 fully saturated rings. The van der Waals surface area contributed by atoms with Crippen LogP contribution in [-0.2, 0) is 4.79 Å². The van der Waals surface area contributed by atoms with Gasteiger partial charge in [0, 0.05) is 6.54 Å². The summed E-state index contributed by atoms with van der Waals surface area (Å²) >= 11 is 1.26. The number of hydrogen-bond acceptors (Lipinski definition) is 6. The van der Waals surface area contributed by atoms with E-state index in [0.717, 1.165) is 0 Å². The van der Waals surface area contributed by atoms with Crippen LogP contribution in [-0.4, -0.2) is 40.9 Å². The van der Waals surface area contributed by atoms with Gasteiger partial charge in [-0.2, -0.15) is 0 Å². The highest BCUT2D eigenvalue weighted by atomic mass is 32.1. The second-order valence-corrected chi connectivity index (χ2v) is 3.03. The van der Waals surface area contributed by atoms with E-state index in [-0.39, 0.29) is 19.1 Å². The van der Waals surface area contributed by atoms with Gasteiger partial charge in [-0.3, -0.25) is 10.1 Å². The van der Waals surface area contributed by atoms with Gasteiger partial charge in [0.15, 0.2) is 0 Å². The molecule has 6 nitrogen and oxygen atoms in total. The maximum Gasteiger partial charge on any atom is 0.240 e. The molecule has 0 saturated heterocycles. The molecule has 13 heavy (non-hydrogen) atoms. The Balaban J connectivity index is 2.18. The lowest BCUT2D eigenvalue weighted by Gasteiger charge is -2.01. The fourth-order valence-electron chi connectivity index (χ4n) is 0.672. The molecule has 0 aliphatic heterocycles. The van der Waals surface area contributed by atoms with Crippen molar-refractivity contribution in [1.82, 2.24) is 15.5 Å². The first-order valence-electron chi connectivity index (χ1n) is 3.70. The molecule has 72 valence electrons. The number of aromatic nitrogens is 2. The Morgan fingerprint density at radius 3 is 3.15 bits per heavy atom. The zero-order valence-electron chi connectivity index (χ0n) is 6.86. The summed E-state index contributed by atoms with van der Waals surface area (Å²) in [6, 6.07) is 0. The Bertz CT molecular complexity index is 251. The molecule has 1 aromatic rings. The van der Waals surface area contributed by atoms with Crippen molar-refractivity contribution in [2.24, 2.45) is 0 Å². The van der Waals surface area contributed by atoms with Crippen LogP contribution in [0.25, 0.3) is 0 Å². The van der Waals surface area contributed by atoms with Crippen molar-refractivity contribution in [1.29, 1.82) is 0 Å². The molecule has 0 atom stereocenters. The number of carbonyl (C=O) groups excluding carboxylic acids is 1. The highest BCUT2D eigenvalue weighted by Gasteiger charge is 2.02. The summed E-state index contributed by atoms with van der Waals surface area (Å²) in [6.07, 6.45) is 0. The first kappa shape index (κ1) is 10.0. The van der Waals surface area contributed by atoms with Gasteiger partial charge in [0.25, 0.3) is 0 Å². The van der Waals surface area contributed by atoms with E-state index in [1.54, 1.807) is 0 Å². The summed E-state index contributed by atoms with van der Waals surface area (Å²) in [5.41, 5.74) is 1.54. The summed E-state index contributed by atoms with van der Waals surface area (Å²) in [5.74, 6) is -0.190. The molecule has 1 aromatic heterocycles. The van der Waals surface area contributed by atoms with Crippen molar-refractivity contribution in [3.05, 3.63) is 5.51 Å². The number of hydrogen-bond donors (Lipinski definition) is 3. The number of rotatable bonds is 5. The first-order valence-corrected chi connectivity index (χ1v) is 4.58. The van der Waals surface area contributed by atoms with Crippen LogP contribution in [0.5, 0.6) is 0 Å². The summed E-state index contributed by atoms with van der Waals surface area (Å²) in [6.45, 7) is 0.593. The molecule has 0 aliphatic rings. The molecule has 3 N–H and O–H groups in total. The predicted octanol–water partition coefficient (Wildman–Crippen LogP) is -0.942. The van der Waals surface area contributed by atoms with Crippen LogP contribution in [0.4, 0.5) is 5.13 Å². The molecule has 1 amide bonds. The zero-order valence-corrected chi connectivity index (χ0v) is 7.67. The predicted molar refractivity (Wildman–Crippen MR) is 48.5 cm³/mol. The van der Waals surface area contributed by atoms with Gasteiger partial charge >= 0.3 is 0 Å². The Hall–Kier alpha value is -1.05. The van der Waals surface area contributed by atoms with Crippen LogP contribution < -0.4 is 10.6 Å². The molecule has 1 heterocycles. The van der Waals surface area contributed by atoms with Crippen LogP contribution in [0.3, 0.4) is 0 Å². The Kier molecular flexibility index (Phi) is 4.30. The van der Waals surface area contributed by atoms with Gasteiger partial charge in [0.05, 0.1) is 13.2 Å². The van der Waals surface area contributed by atoms with E-state index in [2.05, 4.69) is 20.8 Å². The third kappa shape index (κ3) is 3.92.